The van der Waals surface area contributed by atoms with Gasteiger partial charge in [0.15, 0.2) is 0 Å². The van der Waals surface area contributed by atoms with Crippen LogP contribution in [-0.4, -0.2) is 46.3 Å². The van der Waals surface area contributed by atoms with Crippen LogP contribution in [-0.2, 0) is 24.3 Å². The fraction of sp³-hybridized carbons (Fsp3) is 0.423. The molecule has 0 atom stereocenters. The predicted molar refractivity (Wildman–Crippen MR) is 135 cm³/mol. The van der Waals surface area contributed by atoms with Crippen LogP contribution >= 0.6 is 11.8 Å². The zero-order valence-corrected chi connectivity index (χ0v) is 20.4. The van der Waals surface area contributed by atoms with E-state index in [-0.39, 0.29) is 11.7 Å². The first-order valence-corrected chi connectivity index (χ1v) is 13.0. The molecule has 0 saturated carbocycles. The minimum Gasteiger partial charge on any atom is -0.487 e. The third-order valence-corrected chi connectivity index (χ3v) is 7.46. The molecule has 6 rings (SSSR count). The fourth-order valence-electron chi connectivity index (χ4n) is 4.80. The van der Waals surface area contributed by atoms with Crippen LogP contribution in [0, 0.1) is 0 Å². The van der Waals surface area contributed by atoms with Gasteiger partial charge in [0, 0.05) is 36.2 Å². The lowest BCUT2D eigenvalue weighted by Crippen LogP contribution is -2.54. The first-order chi connectivity index (χ1) is 16.5. The number of ether oxygens (including phenoxy) is 2. The molecule has 5 heterocycles. The average molecular weight is 476 g/mol. The molecule has 0 aliphatic carbocycles. The Morgan fingerprint density at radius 1 is 1.18 bits per heavy atom. The molecule has 1 aromatic carbocycles. The Balaban J connectivity index is 1.12. The van der Waals surface area contributed by atoms with Crippen molar-refractivity contribution < 1.29 is 9.47 Å². The van der Waals surface area contributed by atoms with Crippen LogP contribution in [0.5, 0.6) is 11.5 Å². The first kappa shape index (κ1) is 21.5. The van der Waals surface area contributed by atoms with Crippen LogP contribution < -0.4 is 19.7 Å². The van der Waals surface area contributed by atoms with E-state index in [0.717, 1.165) is 72.9 Å². The molecule has 3 aliphatic rings. The Kier molecular flexibility index (Phi) is 5.48. The van der Waals surface area contributed by atoms with E-state index in [1.807, 2.05) is 23.9 Å². The van der Waals surface area contributed by atoms with Crippen molar-refractivity contribution in [2.24, 2.45) is 0 Å². The molecule has 0 bridgehead atoms. The summed E-state index contributed by atoms with van der Waals surface area (Å²) in [5.74, 6) is 5.54. The summed E-state index contributed by atoms with van der Waals surface area (Å²) in [6, 6.07) is 10.3. The summed E-state index contributed by atoms with van der Waals surface area (Å²) in [7, 11) is 0. The number of hydrogen-bond acceptors (Lipinski definition) is 8. The molecule has 1 N–H and O–H groups in total. The summed E-state index contributed by atoms with van der Waals surface area (Å²) in [6.45, 7) is 6.68. The zero-order chi connectivity index (χ0) is 23.1. The van der Waals surface area contributed by atoms with Gasteiger partial charge in [-0.15, -0.1) is 0 Å². The van der Waals surface area contributed by atoms with Gasteiger partial charge in [0.25, 0.3) is 0 Å². The number of nitrogens with one attached hydrogen (secondary N) is 1. The number of nitrogens with zero attached hydrogens (tertiary/aromatic N) is 4. The standard InChI is InChI=1S/C26H29N5O2S/c1-26(2)11-18-6-3-5-17(23(18)33-26)8-10-28-24-21-15-34-16-22(21)29-25(30-24)31-13-20(14-31)32-19-7-4-9-27-12-19/h3-7,9,12,20H,8,10-11,13-16H2,1-2H3,(H,28,29,30). The van der Waals surface area contributed by atoms with Crippen molar-refractivity contribution in [1.29, 1.82) is 0 Å². The molecule has 7 nitrogen and oxygen atoms in total. The molecule has 0 spiro atoms. The minimum atomic E-state index is -0.124. The van der Waals surface area contributed by atoms with Gasteiger partial charge in [0.1, 0.15) is 29.0 Å². The van der Waals surface area contributed by atoms with E-state index >= 15 is 0 Å². The molecule has 0 radical (unpaired) electrons. The second-order valence-corrected chi connectivity index (χ2v) is 10.7. The first-order valence-electron chi connectivity index (χ1n) is 11.9. The summed E-state index contributed by atoms with van der Waals surface area (Å²) in [5.41, 5.74) is 4.84. The van der Waals surface area contributed by atoms with Crippen LogP contribution in [0.3, 0.4) is 0 Å². The Bertz CT molecular complexity index is 1200. The van der Waals surface area contributed by atoms with E-state index in [1.165, 1.54) is 16.7 Å². The van der Waals surface area contributed by atoms with E-state index in [2.05, 4.69) is 47.2 Å². The van der Waals surface area contributed by atoms with Crippen molar-refractivity contribution >= 4 is 23.5 Å². The minimum absolute atomic E-state index is 0.124. The maximum atomic E-state index is 6.25. The largest absolute Gasteiger partial charge is 0.487 e. The second-order valence-electron chi connectivity index (χ2n) is 9.74. The quantitative estimate of drug-likeness (QED) is 0.544. The Hall–Kier alpha value is -3.00. The van der Waals surface area contributed by atoms with Gasteiger partial charge in [-0.05, 0) is 43.5 Å². The fourth-order valence-corrected chi connectivity index (χ4v) is 5.84. The summed E-state index contributed by atoms with van der Waals surface area (Å²) in [4.78, 5) is 16.1. The molecular weight excluding hydrogens is 446 g/mol. The highest BCUT2D eigenvalue weighted by Crippen LogP contribution is 2.38. The highest BCUT2D eigenvalue weighted by atomic mass is 32.2. The number of anilines is 2. The molecule has 2 aromatic heterocycles. The Labute approximate surface area is 204 Å². The number of fused-ring (bicyclic) bond motifs is 2. The molecule has 34 heavy (non-hydrogen) atoms. The van der Waals surface area contributed by atoms with Gasteiger partial charge in [-0.2, -0.15) is 16.7 Å². The van der Waals surface area contributed by atoms with Crippen molar-refractivity contribution in [2.45, 2.75) is 49.9 Å². The van der Waals surface area contributed by atoms with Gasteiger partial charge in [-0.1, -0.05) is 18.2 Å². The van der Waals surface area contributed by atoms with Crippen molar-refractivity contribution in [1.82, 2.24) is 15.0 Å². The van der Waals surface area contributed by atoms with E-state index < -0.39 is 0 Å². The predicted octanol–water partition coefficient (Wildman–Crippen LogP) is 4.25. The molecule has 3 aliphatic heterocycles. The molecule has 3 aromatic rings. The monoisotopic (exact) mass is 475 g/mol. The summed E-state index contributed by atoms with van der Waals surface area (Å²) in [5, 5.41) is 3.61. The molecule has 1 saturated heterocycles. The van der Waals surface area contributed by atoms with Gasteiger partial charge in [0.05, 0.1) is 25.0 Å². The van der Waals surface area contributed by atoms with Gasteiger partial charge in [-0.25, -0.2) is 4.98 Å². The van der Waals surface area contributed by atoms with Crippen LogP contribution in [0.25, 0.3) is 0 Å². The average Bonchev–Trinajstić information content (AvgIpc) is 3.39. The molecule has 176 valence electrons. The van der Waals surface area contributed by atoms with Crippen molar-refractivity contribution in [2.75, 3.05) is 29.9 Å². The highest BCUT2D eigenvalue weighted by molar-refractivity contribution is 7.98. The van der Waals surface area contributed by atoms with Gasteiger partial charge in [-0.3, -0.25) is 4.98 Å². The van der Waals surface area contributed by atoms with Crippen LogP contribution in [0.15, 0.2) is 42.7 Å². The SMILES string of the molecule is CC1(C)Cc2cccc(CCNc3nc(N4CC(Oc5cccnc5)C4)nc4c3CSC4)c2O1. The number of aromatic nitrogens is 3. The Morgan fingerprint density at radius 2 is 2.09 bits per heavy atom. The molecule has 1 fully saturated rings. The molecular formula is C26H29N5O2S. The third-order valence-electron chi connectivity index (χ3n) is 6.49. The number of para-hydroxylation sites is 1. The van der Waals surface area contributed by atoms with Crippen molar-refractivity contribution in [3.63, 3.8) is 0 Å². The van der Waals surface area contributed by atoms with Crippen LogP contribution in [0.2, 0.25) is 0 Å². The molecule has 0 amide bonds. The smallest absolute Gasteiger partial charge is 0.227 e. The normalized spacial score (nSPS) is 18.1. The summed E-state index contributed by atoms with van der Waals surface area (Å²) >= 11 is 1.90. The number of rotatable bonds is 7. The van der Waals surface area contributed by atoms with Crippen molar-refractivity contribution in [3.05, 3.63) is 65.1 Å². The van der Waals surface area contributed by atoms with Crippen LogP contribution in [0.1, 0.15) is 36.2 Å². The van der Waals surface area contributed by atoms with Gasteiger partial charge >= 0.3 is 0 Å². The summed E-state index contributed by atoms with van der Waals surface area (Å²) < 4.78 is 12.2. The lowest BCUT2D eigenvalue weighted by atomic mass is 10.00. The number of pyridine rings is 1. The number of hydrogen-bond donors (Lipinski definition) is 1. The molecule has 0 unspecified atom stereocenters. The third kappa shape index (κ3) is 4.27. The highest BCUT2D eigenvalue weighted by Gasteiger charge is 2.33. The van der Waals surface area contributed by atoms with Crippen LogP contribution in [0.4, 0.5) is 11.8 Å². The van der Waals surface area contributed by atoms with E-state index in [9.17, 15) is 0 Å². The maximum absolute atomic E-state index is 6.25. The van der Waals surface area contributed by atoms with Crippen molar-refractivity contribution in [3.8, 4) is 11.5 Å². The zero-order valence-electron chi connectivity index (χ0n) is 19.6. The lowest BCUT2D eigenvalue weighted by molar-refractivity contribution is 0.137. The van der Waals surface area contributed by atoms with Gasteiger partial charge in [0.2, 0.25) is 5.95 Å². The summed E-state index contributed by atoms with van der Waals surface area (Å²) in [6.07, 6.45) is 5.50. The number of thioether (sulfide) groups is 1. The number of benzene rings is 1. The van der Waals surface area contributed by atoms with E-state index in [0.29, 0.717) is 0 Å². The Morgan fingerprint density at radius 3 is 2.94 bits per heavy atom. The molecule has 8 heteroatoms. The van der Waals surface area contributed by atoms with Gasteiger partial charge < -0.3 is 19.7 Å². The van der Waals surface area contributed by atoms with E-state index in [1.54, 1.807) is 12.4 Å². The lowest BCUT2D eigenvalue weighted by Gasteiger charge is -2.39. The second kappa shape index (κ2) is 8.65. The maximum Gasteiger partial charge on any atom is 0.227 e. The topological polar surface area (TPSA) is 72.4 Å². The van der Waals surface area contributed by atoms with E-state index in [4.69, 9.17) is 19.4 Å².